The first-order valence-electron chi connectivity index (χ1n) is 6.94. The molecule has 6 nitrogen and oxygen atoms in total. The molecule has 106 valence electrons. The maximum absolute atomic E-state index is 6.02. The highest BCUT2D eigenvalue weighted by molar-refractivity contribution is 5.77. The molecule has 0 radical (unpaired) electrons. The monoisotopic (exact) mass is 265 g/mol. The molecule has 6 heteroatoms. The molecule has 0 saturated heterocycles. The highest BCUT2D eigenvalue weighted by Crippen LogP contribution is 2.22. The lowest BCUT2D eigenvalue weighted by atomic mass is 10.2. The molecule has 0 spiro atoms. The fourth-order valence-electron chi connectivity index (χ4n) is 2.35. The van der Waals surface area contributed by atoms with E-state index in [-0.39, 0.29) is 0 Å². The Hall–Kier alpha value is -1.56. The lowest BCUT2D eigenvalue weighted by Gasteiger charge is -2.06. The number of nitrogen functional groups attached to an aromatic ring is 1. The van der Waals surface area contributed by atoms with E-state index in [1.165, 1.54) is 0 Å². The van der Waals surface area contributed by atoms with Crippen LogP contribution in [0.4, 0.5) is 5.95 Å². The number of imidazole rings is 1. The summed E-state index contributed by atoms with van der Waals surface area (Å²) < 4.78 is 9.27. The average Bonchev–Trinajstić information content (AvgIpc) is 2.85. The van der Waals surface area contributed by atoms with Gasteiger partial charge in [-0.1, -0.05) is 13.3 Å². The summed E-state index contributed by atoms with van der Waals surface area (Å²) in [5.74, 6) is 0.567. The number of aryl methyl sites for hydroxylation is 3. The molecule has 19 heavy (non-hydrogen) atoms. The largest absolute Gasteiger partial charge is 0.382 e. The van der Waals surface area contributed by atoms with Crippen molar-refractivity contribution in [2.45, 2.75) is 39.7 Å². The zero-order valence-corrected chi connectivity index (χ0v) is 12.0. The van der Waals surface area contributed by atoms with Gasteiger partial charge in [0.2, 0.25) is 5.95 Å². The van der Waals surface area contributed by atoms with E-state index >= 15 is 0 Å². The minimum absolute atomic E-state index is 0.567. The van der Waals surface area contributed by atoms with E-state index in [0.29, 0.717) is 5.95 Å². The molecule has 0 aromatic carbocycles. The van der Waals surface area contributed by atoms with Crippen molar-refractivity contribution in [2.75, 3.05) is 18.9 Å². The molecular weight excluding hydrogens is 242 g/mol. The highest BCUT2D eigenvalue weighted by atomic mass is 16.5. The second-order valence-electron chi connectivity index (χ2n) is 4.66. The summed E-state index contributed by atoms with van der Waals surface area (Å²) in [7, 11) is 1.95. The number of hydrogen-bond acceptors (Lipinski definition) is 4. The third kappa shape index (κ3) is 2.73. The minimum Gasteiger partial charge on any atom is -0.382 e. The number of aromatic nitrogens is 4. The molecule has 0 aliphatic carbocycles. The average molecular weight is 265 g/mol. The van der Waals surface area contributed by atoms with Crippen LogP contribution in [0.25, 0.3) is 11.2 Å². The molecule has 2 rings (SSSR count). The van der Waals surface area contributed by atoms with Crippen LogP contribution in [0.1, 0.15) is 32.4 Å². The smallest absolute Gasteiger partial charge is 0.202 e. The van der Waals surface area contributed by atoms with Crippen LogP contribution in [0, 0.1) is 0 Å². The molecule has 0 aliphatic rings. The Balaban J connectivity index is 2.25. The number of nitrogens with zero attached hydrogens (tertiary/aromatic N) is 4. The van der Waals surface area contributed by atoms with Crippen molar-refractivity contribution in [3.8, 4) is 0 Å². The summed E-state index contributed by atoms with van der Waals surface area (Å²) in [6.07, 6.45) is 2.92. The first-order valence-corrected chi connectivity index (χ1v) is 6.94. The topological polar surface area (TPSA) is 70.9 Å². The van der Waals surface area contributed by atoms with Gasteiger partial charge in [-0.05, 0) is 19.8 Å². The van der Waals surface area contributed by atoms with Crippen molar-refractivity contribution >= 4 is 17.1 Å². The highest BCUT2D eigenvalue weighted by Gasteiger charge is 2.16. The minimum atomic E-state index is 0.567. The lowest BCUT2D eigenvalue weighted by molar-refractivity contribution is 0.142. The van der Waals surface area contributed by atoms with E-state index in [0.717, 1.165) is 55.9 Å². The first kappa shape index (κ1) is 13.9. The summed E-state index contributed by atoms with van der Waals surface area (Å²) >= 11 is 0. The van der Waals surface area contributed by atoms with Crippen LogP contribution in [0.15, 0.2) is 0 Å². The molecule has 2 heterocycles. The van der Waals surface area contributed by atoms with Gasteiger partial charge in [0.1, 0.15) is 5.52 Å². The van der Waals surface area contributed by atoms with Crippen molar-refractivity contribution < 1.29 is 4.74 Å². The second kappa shape index (κ2) is 6.06. The van der Waals surface area contributed by atoms with E-state index in [9.17, 15) is 0 Å². The summed E-state index contributed by atoms with van der Waals surface area (Å²) in [5, 5.41) is 4.53. The molecule has 0 bridgehead atoms. The van der Waals surface area contributed by atoms with Crippen molar-refractivity contribution in [1.82, 2.24) is 19.3 Å². The maximum Gasteiger partial charge on any atom is 0.202 e. The van der Waals surface area contributed by atoms with Crippen LogP contribution in [-0.4, -0.2) is 32.5 Å². The molecule has 0 saturated carbocycles. The van der Waals surface area contributed by atoms with E-state index in [4.69, 9.17) is 10.5 Å². The number of fused-ring (bicyclic) bond motifs is 1. The van der Waals surface area contributed by atoms with Crippen LogP contribution in [0.2, 0.25) is 0 Å². The molecular formula is C13H23N5O. The van der Waals surface area contributed by atoms with Gasteiger partial charge in [0.05, 0.1) is 5.69 Å². The standard InChI is InChI=1S/C13H23N5O/c1-4-7-10-11-12(17(3)16-10)18(13(14)15-11)8-6-9-19-5-2/h4-9H2,1-3H3,(H2,14,15). The summed E-state index contributed by atoms with van der Waals surface area (Å²) in [5.41, 5.74) is 9.01. The van der Waals surface area contributed by atoms with E-state index in [1.54, 1.807) is 0 Å². The van der Waals surface area contributed by atoms with Gasteiger partial charge in [-0.15, -0.1) is 0 Å². The Labute approximate surface area is 113 Å². The molecule has 2 N–H and O–H groups in total. The third-order valence-electron chi connectivity index (χ3n) is 3.18. The zero-order valence-electron chi connectivity index (χ0n) is 12.0. The number of rotatable bonds is 7. The van der Waals surface area contributed by atoms with Gasteiger partial charge in [-0.25, -0.2) is 4.98 Å². The Morgan fingerprint density at radius 2 is 2.11 bits per heavy atom. The molecule has 0 amide bonds. The predicted octanol–water partition coefficient (Wildman–Crippen LogP) is 1.73. The molecule has 0 fully saturated rings. The molecule has 0 atom stereocenters. The molecule has 2 aromatic heterocycles. The fraction of sp³-hybridized carbons (Fsp3) is 0.692. The quantitative estimate of drug-likeness (QED) is 0.774. The number of ether oxygens (including phenoxy) is 1. The number of anilines is 1. The first-order chi connectivity index (χ1) is 9.19. The van der Waals surface area contributed by atoms with Crippen LogP contribution in [0.5, 0.6) is 0 Å². The van der Waals surface area contributed by atoms with E-state index in [2.05, 4.69) is 17.0 Å². The lowest BCUT2D eigenvalue weighted by Crippen LogP contribution is -2.09. The van der Waals surface area contributed by atoms with Gasteiger partial charge < -0.3 is 10.5 Å². The van der Waals surface area contributed by atoms with Crippen LogP contribution in [-0.2, 0) is 24.8 Å². The number of hydrogen-bond donors (Lipinski definition) is 1. The van der Waals surface area contributed by atoms with Crippen molar-refractivity contribution in [1.29, 1.82) is 0 Å². The molecule has 0 aliphatic heterocycles. The Bertz CT molecular complexity index is 543. The van der Waals surface area contributed by atoms with Gasteiger partial charge in [-0.2, -0.15) is 5.10 Å². The zero-order chi connectivity index (χ0) is 13.8. The summed E-state index contributed by atoms with van der Waals surface area (Å²) in [6.45, 7) is 6.45. The SMILES string of the molecule is CCCc1nn(C)c2c1nc(N)n2CCCOCC. The Morgan fingerprint density at radius 3 is 2.79 bits per heavy atom. The fourth-order valence-corrected chi connectivity index (χ4v) is 2.35. The second-order valence-corrected chi connectivity index (χ2v) is 4.66. The van der Waals surface area contributed by atoms with Gasteiger partial charge in [0.25, 0.3) is 0 Å². The van der Waals surface area contributed by atoms with Gasteiger partial charge in [-0.3, -0.25) is 9.25 Å². The van der Waals surface area contributed by atoms with Crippen LogP contribution < -0.4 is 5.73 Å². The van der Waals surface area contributed by atoms with Gasteiger partial charge >= 0.3 is 0 Å². The summed E-state index contributed by atoms with van der Waals surface area (Å²) in [4.78, 5) is 4.47. The number of nitrogens with two attached hydrogens (primary N) is 1. The van der Waals surface area contributed by atoms with Gasteiger partial charge in [0.15, 0.2) is 5.65 Å². The van der Waals surface area contributed by atoms with Crippen molar-refractivity contribution in [3.05, 3.63) is 5.69 Å². The van der Waals surface area contributed by atoms with Crippen LogP contribution >= 0.6 is 0 Å². The Morgan fingerprint density at radius 1 is 1.32 bits per heavy atom. The van der Waals surface area contributed by atoms with E-state index < -0.39 is 0 Å². The molecule has 2 aromatic rings. The summed E-state index contributed by atoms with van der Waals surface area (Å²) in [6, 6.07) is 0. The van der Waals surface area contributed by atoms with E-state index in [1.807, 2.05) is 23.2 Å². The van der Waals surface area contributed by atoms with Crippen molar-refractivity contribution in [2.24, 2.45) is 7.05 Å². The third-order valence-corrected chi connectivity index (χ3v) is 3.18. The van der Waals surface area contributed by atoms with Crippen LogP contribution in [0.3, 0.4) is 0 Å². The molecule has 0 unspecified atom stereocenters. The predicted molar refractivity (Wildman–Crippen MR) is 76.0 cm³/mol. The Kier molecular flexibility index (Phi) is 4.42. The van der Waals surface area contributed by atoms with Gasteiger partial charge in [0, 0.05) is 26.8 Å². The van der Waals surface area contributed by atoms with Crippen molar-refractivity contribution in [3.63, 3.8) is 0 Å². The maximum atomic E-state index is 6.02. The normalized spacial score (nSPS) is 11.5.